The van der Waals surface area contributed by atoms with Gasteiger partial charge >= 0.3 is 0 Å². The fraction of sp³-hybridized carbons (Fsp3) is 0.700. The van der Waals surface area contributed by atoms with Crippen molar-refractivity contribution in [1.82, 2.24) is 0 Å². The van der Waals surface area contributed by atoms with Gasteiger partial charge < -0.3 is 5.73 Å². The molecule has 0 aromatic rings. The summed E-state index contributed by atoms with van der Waals surface area (Å²) in [4.78, 5) is 0. The van der Waals surface area contributed by atoms with Crippen LogP contribution in [-0.2, 0) is 0 Å². The highest BCUT2D eigenvalue weighted by molar-refractivity contribution is 5.02. The van der Waals surface area contributed by atoms with Gasteiger partial charge in [0.2, 0.25) is 0 Å². The molecule has 0 aromatic heterocycles. The average Bonchev–Trinajstić information content (AvgIpc) is 2.00. The van der Waals surface area contributed by atoms with Crippen LogP contribution in [0.4, 0.5) is 0 Å². The molecule has 0 amide bonds. The van der Waals surface area contributed by atoms with Crippen molar-refractivity contribution in [2.45, 2.75) is 34.1 Å². The van der Waals surface area contributed by atoms with Crippen LogP contribution in [0.25, 0.3) is 0 Å². The van der Waals surface area contributed by atoms with Crippen molar-refractivity contribution in [2.75, 3.05) is 6.54 Å². The Morgan fingerprint density at radius 1 is 1.55 bits per heavy atom. The van der Waals surface area contributed by atoms with Gasteiger partial charge in [-0.05, 0) is 25.0 Å². The number of rotatable bonds is 3. The smallest absolute Gasteiger partial charge is 0.00235 e. The zero-order chi connectivity index (χ0) is 8.91. The van der Waals surface area contributed by atoms with Gasteiger partial charge in [-0.3, -0.25) is 0 Å². The van der Waals surface area contributed by atoms with E-state index in [1.807, 2.05) is 0 Å². The zero-order valence-corrected chi connectivity index (χ0v) is 8.07. The summed E-state index contributed by atoms with van der Waals surface area (Å²) in [7, 11) is 0. The van der Waals surface area contributed by atoms with E-state index < -0.39 is 0 Å². The Balaban J connectivity index is 4.32. The van der Waals surface area contributed by atoms with Gasteiger partial charge in [0, 0.05) is 12.0 Å². The van der Waals surface area contributed by atoms with E-state index in [2.05, 4.69) is 39.5 Å². The molecular weight excluding hydrogens is 134 g/mol. The summed E-state index contributed by atoms with van der Waals surface area (Å²) in [5.74, 6) is 0. The SMILES string of the molecule is CCC(C)=C=CC(C)(C)CN. The molecule has 0 saturated carbocycles. The van der Waals surface area contributed by atoms with Gasteiger partial charge in [-0.15, -0.1) is 5.73 Å². The third kappa shape index (κ3) is 4.83. The Morgan fingerprint density at radius 2 is 2.09 bits per heavy atom. The Morgan fingerprint density at radius 3 is 2.45 bits per heavy atom. The van der Waals surface area contributed by atoms with Crippen LogP contribution in [0.5, 0.6) is 0 Å². The van der Waals surface area contributed by atoms with Crippen LogP contribution in [0, 0.1) is 5.41 Å². The second-order valence-corrected chi connectivity index (χ2v) is 3.62. The molecular formula is C10H19N. The molecule has 0 bridgehead atoms. The van der Waals surface area contributed by atoms with E-state index in [1.54, 1.807) is 0 Å². The highest BCUT2D eigenvalue weighted by Gasteiger charge is 2.09. The molecule has 0 fully saturated rings. The summed E-state index contributed by atoms with van der Waals surface area (Å²) >= 11 is 0. The lowest BCUT2D eigenvalue weighted by atomic mass is 9.93. The van der Waals surface area contributed by atoms with Crippen LogP contribution < -0.4 is 5.73 Å². The molecule has 0 aliphatic rings. The van der Waals surface area contributed by atoms with E-state index in [0.717, 1.165) is 6.42 Å². The maximum atomic E-state index is 5.55. The van der Waals surface area contributed by atoms with Crippen LogP contribution in [0.1, 0.15) is 34.1 Å². The van der Waals surface area contributed by atoms with E-state index in [-0.39, 0.29) is 5.41 Å². The molecule has 0 atom stereocenters. The van der Waals surface area contributed by atoms with Crippen molar-refractivity contribution in [3.63, 3.8) is 0 Å². The monoisotopic (exact) mass is 153 g/mol. The summed E-state index contributed by atoms with van der Waals surface area (Å²) in [5, 5.41) is 0. The number of hydrogen-bond acceptors (Lipinski definition) is 1. The lowest BCUT2D eigenvalue weighted by Crippen LogP contribution is -2.20. The van der Waals surface area contributed by atoms with E-state index >= 15 is 0 Å². The third-order valence-electron chi connectivity index (χ3n) is 1.77. The first kappa shape index (κ1) is 10.5. The number of hydrogen-bond donors (Lipinski definition) is 1. The standard InChI is InChI=1S/C10H19N/c1-5-9(2)6-7-10(3,4)8-11/h7H,5,8,11H2,1-4H3. The summed E-state index contributed by atoms with van der Waals surface area (Å²) in [6.45, 7) is 9.12. The lowest BCUT2D eigenvalue weighted by Gasteiger charge is -2.14. The van der Waals surface area contributed by atoms with Crippen LogP contribution in [0.2, 0.25) is 0 Å². The first-order valence-electron chi connectivity index (χ1n) is 4.15. The van der Waals surface area contributed by atoms with Crippen LogP contribution in [0.3, 0.4) is 0 Å². The first-order valence-corrected chi connectivity index (χ1v) is 4.15. The van der Waals surface area contributed by atoms with Crippen LogP contribution >= 0.6 is 0 Å². The molecule has 0 radical (unpaired) electrons. The Bertz CT molecular complexity index is 171. The highest BCUT2D eigenvalue weighted by atomic mass is 14.6. The Labute approximate surface area is 70.0 Å². The molecule has 1 heteroatoms. The van der Waals surface area contributed by atoms with Gasteiger partial charge in [-0.25, -0.2) is 0 Å². The normalized spacial score (nSPS) is 10.6. The van der Waals surface area contributed by atoms with Gasteiger partial charge in [0.1, 0.15) is 0 Å². The van der Waals surface area contributed by atoms with Crippen molar-refractivity contribution in [3.05, 3.63) is 17.4 Å². The Kier molecular flexibility index (Phi) is 4.17. The summed E-state index contributed by atoms with van der Waals surface area (Å²) < 4.78 is 0. The largest absolute Gasteiger partial charge is 0.330 e. The minimum atomic E-state index is 0.0937. The summed E-state index contributed by atoms with van der Waals surface area (Å²) in [6.07, 6.45) is 3.13. The van der Waals surface area contributed by atoms with Crippen molar-refractivity contribution >= 4 is 0 Å². The molecule has 64 valence electrons. The molecule has 0 aromatic carbocycles. The maximum absolute atomic E-state index is 5.55. The van der Waals surface area contributed by atoms with E-state index in [9.17, 15) is 0 Å². The van der Waals surface area contributed by atoms with Gasteiger partial charge in [-0.2, -0.15) is 0 Å². The second kappa shape index (κ2) is 4.38. The fourth-order valence-electron chi connectivity index (χ4n) is 0.480. The number of nitrogens with two attached hydrogens (primary N) is 1. The predicted molar refractivity (Wildman–Crippen MR) is 50.4 cm³/mol. The van der Waals surface area contributed by atoms with Gasteiger partial charge in [-0.1, -0.05) is 20.8 Å². The average molecular weight is 153 g/mol. The molecule has 11 heavy (non-hydrogen) atoms. The molecule has 0 heterocycles. The topological polar surface area (TPSA) is 26.0 Å². The van der Waals surface area contributed by atoms with Crippen LogP contribution in [0.15, 0.2) is 17.4 Å². The Hall–Kier alpha value is -0.520. The van der Waals surface area contributed by atoms with Gasteiger partial charge in [0.15, 0.2) is 0 Å². The maximum Gasteiger partial charge on any atom is 0.00235 e. The van der Waals surface area contributed by atoms with Crippen molar-refractivity contribution in [3.8, 4) is 0 Å². The molecule has 0 aliphatic carbocycles. The summed E-state index contributed by atoms with van der Waals surface area (Å²) in [5.41, 5.74) is 10.2. The van der Waals surface area contributed by atoms with Crippen molar-refractivity contribution in [2.24, 2.45) is 11.1 Å². The third-order valence-corrected chi connectivity index (χ3v) is 1.77. The zero-order valence-electron chi connectivity index (χ0n) is 8.07. The minimum Gasteiger partial charge on any atom is -0.330 e. The van der Waals surface area contributed by atoms with Gasteiger partial charge in [0.05, 0.1) is 0 Å². The molecule has 1 nitrogen and oxygen atoms in total. The molecule has 0 spiro atoms. The molecule has 0 unspecified atom stereocenters. The summed E-state index contributed by atoms with van der Waals surface area (Å²) in [6, 6.07) is 0. The van der Waals surface area contributed by atoms with Crippen LogP contribution in [-0.4, -0.2) is 6.54 Å². The molecule has 0 rings (SSSR count). The molecule has 0 aliphatic heterocycles. The molecule has 0 saturated heterocycles. The highest BCUT2D eigenvalue weighted by Crippen LogP contribution is 2.13. The minimum absolute atomic E-state index is 0.0937. The first-order chi connectivity index (χ1) is 5.02. The van der Waals surface area contributed by atoms with E-state index in [0.29, 0.717) is 6.54 Å². The lowest BCUT2D eigenvalue weighted by molar-refractivity contribution is 0.495. The molecule has 2 N–H and O–H groups in total. The quantitative estimate of drug-likeness (QED) is 0.619. The van der Waals surface area contributed by atoms with Crippen molar-refractivity contribution in [1.29, 1.82) is 0 Å². The second-order valence-electron chi connectivity index (χ2n) is 3.62. The van der Waals surface area contributed by atoms with Crippen molar-refractivity contribution < 1.29 is 0 Å². The van der Waals surface area contributed by atoms with E-state index in [1.165, 1.54) is 5.57 Å². The van der Waals surface area contributed by atoms with Gasteiger partial charge in [0.25, 0.3) is 0 Å². The fourth-order valence-corrected chi connectivity index (χ4v) is 0.480. The predicted octanol–water partition coefficient (Wildman–Crippen LogP) is 2.48. The van der Waals surface area contributed by atoms with E-state index in [4.69, 9.17) is 5.73 Å².